The summed E-state index contributed by atoms with van der Waals surface area (Å²) in [5.41, 5.74) is 1.82. The van der Waals surface area contributed by atoms with Crippen molar-refractivity contribution in [3.8, 4) is 0 Å². The highest BCUT2D eigenvalue weighted by Gasteiger charge is 2.22. The molecule has 0 radical (unpaired) electrons. The van der Waals surface area contributed by atoms with Crippen LogP contribution in [0.15, 0.2) is 58.3 Å². The highest BCUT2D eigenvalue weighted by Crippen LogP contribution is 2.36. The number of anilines is 1. The average Bonchev–Trinajstić information content (AvgIpc) is 2.86. The van der Waals surface area contributed by atoms with Crippen LogP contribution in [-0.4, -0.2) is 44.1 Å². The molecule has 0 aromatic heterocycles. The van der Waals surface area contributed by atoms with Gasteiger partial charge >= 0.3 is 0 Å². The largest absolute Gasteiger partial charge is 0.325 e. The van der Waals surface area contributed by atoms with Crippen molar-refractivity contribution in [3.05, 3.63) is 54.1 Å². The molecular weight excluding hydrogens is 418 g/mol. The van der Waals surface area contributed by atoms with E-state index in [0.29, 0.717) is 18.7 Å². The molecule has 0 bridgehead atoms. The lowest BCUT2D eigenvalue weighted by Crippen LogP contribution is -2.30. The number of benzene rings is 2. The molecule has 0 unspecified atom stereocenters. The van der Waals surface area contributed by atoms with Crippen molar-refractivity contribution in [1.82, 2.24) is 9.62 Å². The Labute approximate surface area is 183 Å². The van der Waals surface area contributed by atoms with Crippen LogP contribution in [0.3, 0.4) is 0 Å². The van der Waals surface area contributed by atoms with Gasteiger partial charge in [0.1, 0.15) is 0 Å². The van der Waals surface area contributed by atoms with Crippen molar-refractivity contribution >= 4 is 33.4 Å². The second-order valence-electron chi connectivity index (χ2n) is 7.44. The molecule has 0 fully saturated rings. The number of nitrogens with zero attached hydrogens (tertiary/aromatic N) is 1. The van der Waals surface area contributed by atoms with E-state index in [1.165, 1.54) is 5.56 Å². The van der Waals surface area contributed by atoms with Crippen molar-refractivity contribution < 1.29 is 13.2 Å². The third-order valence-electron chi connectivity index (χ3n) is 4.98. The first-order valence-electron chi connectivity index (χ1n) is 10.2. The van der Waals surface area contributed by atoms with Crippen LogP contribution in [0.5, 0.6) is 0 Å². The van der Waals surface area contributed by atoms with E-state index in [-0.39, 0.29) is 16.1 Å². The monoisotopic (exact) mass is 447 g/mol. The third-order valence-corrected chi connectivity index (χ3v) is 7.61. The maximum Gasteiger partial charge on any atom is 0.240 e. The van der Waals surface area contributed by atoms with Gasteiger partial charge in [-0.15, -0.1) is 11.8 Å². The Bertz CT molecular complexity index is 965. The predicted octanol–water partition coefficient (Wildman–Crippen LogP) is 3.70. The first-order chi connectivity index (χ1) is 14.4. The fraction of sp³-hybridized carbons (Fsp3) is 0.409. The summed E-state index contributed by atoms with van der Waals surface area (Å²) in [4.78, 5) is 15.3. The fourth-order valence-electron chi connectivity index (χ4n) is 3.38. The van der Waals surface area contributed by atoms with Crippen LogP contribution in [0.2, 0.25) is 0 Å². The highest BCUT2D eigenvalue weighted by molar-refractivity contribution is 8.00. The number of sulfonamides is 1. The lowest BCUT2D eigenvalue weighted by Gasteiger charge is -2.20. The van der Waals surface area contributed by atoms with E-state index in [4.69, 9.17) is 0 Å². The van der Waals surface area contributed by atoms with Crippen molar-refractivity contribution in [2.75, 3.05) is 25.0 Å². The Morgan fingerprint density at radius 2 is 1.97 bits per heavy atom. The molecule has 162 valence electrons. The molecule has 8 heteroatoms. The summed E-state index contributed by atoms with van der Waals surface area (Å²) in [6.07, 6.45) is 1.13. The van der Waals surface area contributed by atoms with E-state index < -0.39 is 10.0 Å². The van der Waals surface area contributed by atoms with Gasteiger partial charge in [0.15, 0.2) is 0 Å². The van der Waals surface area contributed by atoms with E-state index in [2.05, 4.69) is 34.0 Å². The van der Waals surface area contributed by atoms with E-state index in [1.807, 2.05) is 25.1 Å². The van der Waals surface area contributed by atoms with Gasteiger partial charge in [-0.05, 0) is 43.3 Å². The SMILES string of the molecule is CCN(CCCNS(=O)(=O)c1ccc2c(c1)NC(=O)C[C@@H](C)S2)Cc1ccccc1. The topological polar surface area (TPSA) is 78.5 Å². The Kier molecular flexibility index (Phi) is 7.93. The van der Waals surface area contributed by atoms with Crippen molar-refractivity contribution in [3.63, 3.8) is 0 Å². The van der Waals surface area contributed by atoms with Gasteiger partial charge in [0, 0.05) is 29.7 Å². The number of nitrogens with one attached hydrogen (secondary N) is 2. The Morgan fingerprint density at radius 3 is 2.70 bits per heavy atom. The first-order valence-corrected chi connectivity index (χ1v) is 12.6. The number of carbonyl (C=O) groups is 1. The van der Waals surface area contributed by atoms with Gasteiger partial charge < -0.3 is 5.32 Å². The van der Waals surface area contributed by atoms with E-state index >= 15 is 0 Å². The number of hydrogen-bond acceptors (Lipinski definition) is 5. The zero-order valence-electron chi connectivity index (χ0n) is 17.4. The van der Waals surface area contributed by atoms with Crippen LogP contribution in [-0.2, 0) is 21.4 Å². The summed E-state index contributed by atoms with van der Waals surface area (Å²) < 4.78 is 28.1. The lowest BCUT2D eigenvalue weighted by molar-refractivity contribution is -0.116. The number of hydrogen-bond donors (Lipinski definition) is 2. The molecule has 1 aliphatic heterocycles. The Balaban J connectivity index is 1.56. The summed E-state index contributed by atoms with van der Waals surface area (Å²) in [6, 6.07) is 15.2. The van der Waals surface area contributed by atoms with Crippen LogP contribution in [0.1, 0.15) is 32.3 Å². The molecule has 1 aliphatic rings. The lowest BCUT2D eigenvalue weighted by atomic mass is 10.2. The number of rotatable bonds is 9. The van der Waals surface area contributed by atoms with Crippen LogP contribution in [0, 0.1) is 0 Å². The second-order valence-corrected chi connectivity index (χ2v) is 10.7. The number of thioether (sulfide) groups is 1. The van der Waals surface area contributed by atoms with Gasteiger partial charge in [-0.2, -0.15) is 0 Å². The zero-order valence-corrected chi connectivity index (χ0v) is 19.1. The molecule has 30 heavy (non-hydrogen) atoms. The maximum atomic E-state index is 12.7. The van der Waals surface area contributed by atoms with Gasteiger partial charge in [-0.3, -0.25) is 9.69 Å². The molecule has 2 aromatic carbocycles. The van der Waals surface area contributed by atoms with Gasteiger partial charge in [0.25, 0.3) is 0 Å². The van der Waals surface area contributed by atoms with Gasteiger partial charge in [-0.1, -0.05) is 44.2 Å². The molecule has 0 aliphatic carbocycles. The number of carbonyl (C=O) groups excluding carboxylic acids is 1. The molecule has 6 nitrogen and oxygen atoms in total. The summed E-state index contributed by atoms with van der Waals surface area (Å²) in [5, 5.41) is 2.98. The van der Waals surface area contributed by atoms with E-state index in [0.717, 1.165) is 31.0 Å². The standard InChI is InChI=1S/C22H29N3O3S2/c1-3-25(16-18-8-5-4-6-9-18)13-7-12-23-30(27,28)19-10-11-21-20(15-19)24-22(26)14-17(2)29-21/h4-6,8-11,15,17,23H,3,7,12-14,16H2,1-2H3,(H,24,26)/t17-/m1/s1. The van der Waals surface area contributed by atoms with Crippen molar-refractivity contribution in [1.29, 1.82) is 0 Å². The molecule has 1 atom stereocenters. The number of amides is 1. The molecule has 3 rings (SSSR count). The smallest absolute Gasteiger partial charge is 0.240 e. The van der Waals surface area contributed by atoms with Crippen molar-refractivity contribution in [2.45, 2.75) is 48.3 Å². The molecule has 1 heterocycles. The molecular formula is C22H29N3O3S2. The minimum absolute atomic E-state index is 0.0886. The van der Waals surface area contributed by atoms with Crippen LogP contribution in [0.4, 0.5) is 5.69 Å². The summed E-state index contributed by atoms with van der Waals surface area (Å²) >= 11 is 1.58. The molecule has 2 aromatic rings. The molecule has 2 N–H and O–H groups in total. The minimum atomic E-state index is -3.63. The van der Waals surface area contributed by atoms with E-state index in [9.17, 15) is 13.2 Å². The molecule has 0 saturated carbocycles. The van der Waals surface area contributed by atoms with Crippen LogP contribution >= 0.6 is 11.8 Å². The van der Waals surface area contributed by atoms with E-state index in [1.54, 1.807) is 30.0 Å². The van der Waals surface area contributed by atoms with Crippen molar-refractivity contribution in [2.24, 2.45) is 0 Å². The van der Waals surface area contributed by atoms with Crippen LogP contribution in [0.25, 0.3) is 0 Å². The molecule has 0 spiro atoms. The number of fused-ring (bicyclic) bond motifs is 1. The first kappa shape index (κ1) is 22.8. The minimum Gasteiger partial charge on any atom is -0.325 e. The predicted molar refractivity (Wildman–Crippen MR) is 122 cm³/mol. The quantitative estimate of drug-likeness (QED) is 0.573. The zero-order chi connectivity index (χ0) is 21.6. The molecule has 1 amide bonds. The summed E-state index contributed by atoms with van der Waals surface area (Å²) in [5.74, 6) is -0.0886. The highest BCUT2D eigenvalue weighted by atomic mass is 32.2. The fourth-order valence-corrected chi connectivity index (χ4v) is 5.53. The van der Waals surface area contributed by atoms with Gasteiger partial charge in [0.2, 0.25) is 15.9 Å². The maximum absolute atomic E-state index is 12.7. The van der Waals surface area contributed by atoms with Crippen LogP contribution < -0.4 is 10.0 Å². The normalized spacial score (nSPS) is 16.8. The third kappa shape index (κ3) is 6.31. The Morgan fingerprint density at radius 1 is 1.20 bits per heavy atom. The summed E-state index contributed by atoms with van der Waals surface area (Å²) in [7, 11) is -3.63. The second kappa shape index (κ2) is 10.4. The Hall–Kier alpha value is -1.87. The molecule has 0 saturated heterocycles. The van der Waals surface area contributed by atoms with Gasteiger partial charge in [-0.25, -0.2) is 13.1 Å². The summed E-state index contributed by atoms with van der Waals surface area (Å²) in [6.45, 7) is 7.03. The average molecular weight is 448 g/mol. The van der Waals surface area contributed by atoms with Gasteiger partial charge in [0.05, 0.1) is 10.6 Å².